The van der Waals surface area contributed by atoms with Gasteiger partial charge in [-0.25, -0.2) is 26.3 Å². The van der Waals surface area contributed by atoms with E-state index in [1.54, 1.807) is 7.11 Å². The van der Waals surface area contributed by atoms with Crippen LogP contribution >= 0.6 is 12.4 Å². The number of nitrogens with one attached hydrogen (secondary N) is 3. The number of ether oxygens (including phenoxy) is 1. The van der Waals surface area contributed by atoms with Crippen LogP contribution in [0.2, 0.25) is 0 Å². The molecule has 1 aromatic carbocycles. The van der Waals surface area contributed by atoms with Gasteiger partial charge in [0, 0.05) is 32.8 Å². The fourth-order valence-corrected chi connectivity index (χ4v) is 4.46. The number of benzene rings is 1. The zero-order chi connectivity index (χ0) is 17.6. The van der Waals surface area contributed by atoms with Crippen LogP contribution < -0.4 is 14.8 Å². The molecule has 1 aromatic rings. The van der Waals surface area contributed by atoms with Crippen molar-refractivity contribution >= 4 is 32.5 Å². The summed E-state index contributed by atoms with van der Waals surface area (Å²) in [6.07, 6.45) is 1.63. The summed E-state index contributed by atoms with van der Waals surface area (Å²) in [6, 6.07) is 5.32. The molecule has 25 heavy (non-hydrogen) atoms. The predicted octanol–water partition coefficient (Wildman–Crippen LogP) is 0.0634. The van der Waals surface area contributed by atoms with E-state index in [0.717, 1.165) is 12.8 Å². The molecule has 1 saturated carbocycles. The number of halogens is 1. The highest BCUT2D eigenvalue weighted by Gasteiger charge is 2.28. The smallest absolute Gasteiger partial charge is 0.240 e. The van der Waals surface area contributed by atoms with Gasteiger partial charge in [-0.2, -0.15) is 0 Å². The highest BCUT2D eigenvalue weighted by Crippen LogP contribution is 2.23. The van der Waals surface area contributed by atoms with Crippen LogP contribution in [0.25, 0.3) is 0 Å². The summed E-state index contributed by atoms with van der Waals surface area (Å²) in [6.45, 7) is 1.81. The molecular weight excluding hydrogens is 390 g/mol. The van der Waals surface area contributed by atoms with E-state index in [2.05, 4.69) is 14.8 Å². The summed E-state index contributed by atoms with van der Waals surface area (Å²) in [7, 11) is -5.86. The molecule has 0 bridgehead atoms. The Morgan fingerprint density at radius 1 is 1.04 bits per heavy atom. The van der Waals surface area contributed by atoms with Gasteiger partial charge in [0.15, 0.2) is 0 Å². The van der Waals surface area contributed by atoms with Crippen LogP contribution in [-0.4, -0.2) is 56.2 Å². The van der Waals surface area contributed by atoms with Crippen LogP contribution in [0.5, 0.6) is 0 Å². The van der Waals surface area contributed by atoms with Gasteiger partial charge in [0.2, 0.25) is 20.0 Å². The monoisotopic (exact) mass is 413 g/mol. The Kier molecular flexibility index (Phi) is 8.75. The minimum Gasteiger partial charge on any atom is -0.383 e. The Bertz CT molecular complexity index is 751. The molecule has 1 aliphatic rings. The average Bonchev–Trinajstić information content (AvgIpc) is 3.34. The molecule has 8 nitrogen and oxygen atoms in total. The van der Waals surface area contributed by atoms with Gasteiger partial charge in [-0.05, 0) is 31.0 Å². The summed E-state index contributed by atoms with van der Waals surface area (Å²) in [4.78, 5) is -0.117. The van der Waals surface area contributed by atoms with Crippen molar-refractivity contribution in [2.75, 3.05) is 33.4 Å². The van der Waals surface area contributed by atoms with Gasteiger partial charge in [-0.3, -0.25) is 0 Å². The van der Waals surface area contributed by atoms with E-state index in [-0.39, 0.29) is 34.8 Å². The lowest BCUT2D eigenvalue weighted by Crippen LogP contribution is -2.33. The van der Waals surface area contributed by atoms with Gasteiger partial charge in [0.1, 0.15) is 0 Å². The first-order valence-electron chi connectivity index (χ1n) is 7.67. The molecule has 2 rings (SSSR count). The quantitative estimate of drug-likeness (QED) is 0.442. The van der Waals surface area contributed by atoms with Crippen molar-refractivity contribution in [1.29, 1.82) is 0 Å². The lowest BCUT2D eigenvalue weighted by molar-refractivity contribution is 0.199. The molecule has 0 spiro atoms. The van der Waals surface area contributed by atoms with Crippen LogP contribution in [0.4, 0.5) is 0 Å². The van der Waals surface area contributed by atoms with Crippen molar-refractivity contribution in [2.24, 2.45) is 0 Å². The van der Waals surface area contributed by atoms with E-state index >= 15 is 0 Å². The van der Waals surface area contributed by atoms with E-state index < -0.39 is 20.0 Å². The van der Waals surface area contributed by atoms with Crippen LogP contribution in [0.3, 0.4) is 0 Å². The number of rotatable bonds is 11. The van der Waals surface area contributed by atoms with E-state index in [9.17, 15) is 16.8 Å². The van der Waals surface area contributed by atoms with Crippen LogP contribution in [0.15, 0.2) is 34.1 Å². The number of hydrogen-bond acceptors (Lipinski definition) is 6. The fourth-order valence-electron chi connectivity index (χ4n) is 1.95. The van der Waals surface area contributed by atoms with Crippen LogP contribution in [0.1, 0.15) is 12.8 Å². The maximum Gasteiger partial charge on any atom is 0.240 e. The maximum atomic E-state index is 12.3. The zero-order valence-corrected chi connectivity index (χ0v) is 16.3. The predicted molar refractivity (Wildman–Crippen MR) is 97.0 cm³/mol. The molecule has 0 heterocycles. The number of sulfonamides is 2. The van der Waals surface area contributed by atoms with Crippen LogP contribution in [0, 0.1) is 0 Å². The summed E-state index contributed by atoms with van der Waals surface area (Å²) in [5.74, 6) is 0. The molecule has 0 unspecified atom stereocenters. The molecule has 0 radical (unpaired) electrons. The van der Waals surface area contributed by atoms with Gasteiger partial charge in [-0.1, -0.05) is 6.07 Å². The fraction of sp³-hybridized carbons (Fsp3) is 0.571. The first-order chi connectivity index (χ1) is 11.3. The summed E-state index contributed by atoms with van der Waals surface area (Å²) >= 11 is 0. The van der Waals surface area contributed by atoms with Crippen molar-refractivity contribution in [1.82, 2.24) is 14.8 Å². The van der Waals surface area contributed by atoms with Crippen molar-refractivity contribution in [3.63, 3.8) is 0 Å². The molecular formula is C14H24ClN3O5S2. The van der Waals surface area contributed by atoms with Crippen LogP contribution in [-0.2, 0) is 24.8 Å². The van der Waals surface area contributed by atoms with Crippen molar-refractivity contribution < 1.29 is 21.6 Å². The second kappa shape index (κ2) is 9.81. The Labute approximate surface area is 155 Å². The molecule has 1 fully saturated rings. The highest BCUT2D eigenvalue weighted by atomic mass is 35.5. The number of methoxy groups -OCH3 is 1. The van der Waals surface area contributed by atoms with Gasteiger partial charge in [0.25, 0.3) is 0 Å². The summed E-state index contributed by atoms with van der Waals surface area (Å²) in [5.41, 5.74) is 0. The SMILES string of the molecule is COCCNCCNS(=O)(=O)c1cccc(S(=O)(=O)NC2CC2)c1.Cl. The standard InChI is InChI=1S/C14H23N3O5S2.ClH/c1-22-10-9-15-7-8-16-23(18,19)13-3-2-4-14(11-13)24(20,21)17-12-5-6-12;/h2-4,11-12,15-17H,5-10H2,1H3;1H. The van der Waals surface area contributed by atoms with Crippen molar-refractivity contribution in [3.8, 4) is 0 Å². The topological polar surface area (TPSA) is 114 Å². The lowest BCUT2D eigenvalue weighted by atomic mass is 10.4. The van der Waals surface area contributed by atoms with E-state index in [1.807, 2.05) is 0 Å². The Hall–Kier alpha value is -0.750. The molecule has 0 aromatic heterocycles. The largest absolute Gasteiger partial charge is 0.383 e. The molecule has 1 aliphatic carbocycles. The van der Waals surface area contributed by atoms with Gasteiger partial charge >= 0.3 is 0 Å². The third kappa shape index (κ3) is 7.18. The first-order valence-corrected chi connectivity index (χ1v) is 10.6. The molecule has 3 N–H and O–H groups in total. The number of hydrogen-bond donors (Lipinski definition) is 3. The summed E-state index contributed by atoms with van der Waals surface area (Å²) in [5, 5.41) is 3.02. The molecule has 0 amide bonds. The van der Waals surface area contributed by atoms with E-state index in [4.69, 9.17) is 4.74 Å². The third-order valence-electron chi connectivity index (χ3n) is 3.40. The lowest BCUT2D eigenvalue weighted by Gasteiger charge is -2.10. The minimum atomic E-state index is -3.76. The molecule has 11 heteroatoms. The van der Waals surface area contributed by atoms with E-state index in [0.29, 0.717) is 19.7 Å². The highest BCUT2D eigenvalue weighted by molar-refractivity contribution is 7.90. The zero-order valence-electron chi connectivity index (χ0n) is 13.9. The second-order valence-electron chi connectivity index (χ2n) is 5.51. The molecule has 0 aliphatic heterocycles. The van der Waals surface area contributed by atoms with Gasteiger partial charge in [-0.15, -0.1) is 12.4 Å². The minimum absolute atomic E-state index is 0. The van der Waals surface area contributed by atoms with Gasteiger partial charge in [0.05, 0.1) is 16.4 Å². The third-order valence-corrected chi connectivity index (χ3v) is 6.38. The van der Waals surface area contributed by atoms with Crippen molar-refractivity contribution in [3.05, 3.63) is 24.3 Å². The van der Waals surface area contributed by atoms with Gasteiger partial charge < -0.3 is 10.1 Å². The Morgan fingerprint density at radius 2 is 1.68 bits per heavy atom. The maximum absolute atomic E-state index is 12.3. The van der Waals surface area contributed by atoms with E-state index in [1.165, 1.54) is 24.3 Å². The average molecular weight is 414 g/mol. The first kappa shape index (κ1) is 22.3. The molecule has 0 saturated heterocycles. The molecule has 144 valence electrons. The van der Waals surface area contributed by atoms with Crippen molar-refractivity contribution in [2.45, 2.75) is 28.7 Å². The normalized spacial score (nSPS) is 14.9. The second-order valence-corrected chi connectivity index (χ2v) is 8.99. The summed E-state index contributed by atoms with van der Waals surface area (Å²) < 4.78 is 58.7. The molecule has 0 atom stereocenters. The Balaban J connectivity index is 0.00000312. The Morgan fingerprint density at radius 3 is 2.28 bits per heavy atom.